The van der Waals surface area contributed by atoms with E-state index in [0.717, 1.165) is 102 Å². The fourth-order valence-electron chi connectivity index (χ4n) is 8.01. The van der Waals surface area contributed by atoms with Crippen molar-refractivity contribution < 1.29 is 4.39 Å². The molecule has 0 saturated carbocycles. The molecule has 0 unspecified atom stereocenters. The van der Waals surface area contributed by atoms with Gasteiger partial charge >= 0.3 is 0 Å². The van der Waals surface area contributed by atoms with Crippen LogP contribution in [0.25, 0.3) is 61.3 Å². The summed E-state index contributed by atoms with van der Waals surface area (Å²) < 4.78 is 23.4. The fraction of sp³-hybridized carbons (Fsp3) is 0.0172. The summed E-state index contributed by atoms with van der Waals surface area (Å²) in [6.07, 6.45) is 0. The molecule has 73 heavy (non-hydrogen) atoms. The number of H-pyrrole nitrogens is 1. The summed E-state index contributed by atoms with van der Waals surface area (Å²) in [5.41, 5.74) is 12.6. The minimum absolute atomic E-state index is 0. The number of nitrogens with zero attached hydrogens (tertiary/aromatic N) is 6. The van der Waals surface area contributed by atoms with E-state index in [4.69, 9.17) is 9.97 Å². The molecule has 9 aromatic carbocycles. The molecule has 3 N–H and O–H groups in total. The molecule has 0 aliphatic carbocycles. The van der Waals surface area contributed by atoms with Gasteiger partial charge in [-0.25, -0.2) is 19.3 Å². The number of aromatic nitrogens is 7. The van der Waals surface area contributed by atoms with Gasteiger partial charge in [-0.15, -0.1) is 0 Å². The predicted octanol–water partition coefficient (Wildman–Crippen LogP) is 18.8. The van der Waals surface area contributed by atoms with Gasteiger partial charge < -0.3 is 15.6 Å². The van der Waals surface area contributed by atoms with E-state index in [2.05, 4.69) is 187 Å². The number of anilines is 4. The first-order valence-corrected chi connectivity index (χ1v) is 26.4. The van der Waals surface area contributed by atoms with Gasteiger partial charge in [0.15, 0.2) is 0 Å². The van der Waals surface area contributed by atoms with Crippen LogP contribution in [0.5, 0.6) is 0 Å². The lowest BCUT2D eigenvalue weighted by atomic mass is 10.2. The monoisotopic (exact) mass is 1280 g/mol. The Kier molecular flexibility index (Phi) is 16.3. The van der Waals surface area contributed by atoms with Gasteiger partial charge in [0.1, 0.15) is 5.82 Å². The summed E-state index contributed by atoms with van der Waals surface area (Å²) in [7, 11) is 0. The number of halogens is 6. The van der Waals surface area contributed by atoms with Crippen LogP contribution in [-0.2, 0) is 0 Å². The number of benzene rings is 9. The molecule has 0 saturated heterocycles. The van der Waals surface area contributed by atoms with E-state index in [1.54, 1.807) is 12.1 Å². The number of nitrogens with one attached hydrogen (secondary N) is 3. The summed E-state index contributed by atoms with van der Waals surface area (Å²) in [5.74, 6) is 2.25. The first kappa shape index (κ1) is 51.0. The van der Waals surface area contributed by atoms with E-state index < -0.39 is 0 Å². The number of imidazole rings is 4. The quantitative estimate of drug-likeness (QED) is 0.144. The molecule has 13 aromatic rings. The van der Waals surface area contributed by atoms with Gasteiger partial charge in [-0.05, 0) is 159 Å². The van der Waals surface area contributed by atoms with E-state index in [1.807, 2.05) is 127 Å². The molecule has 0 radical (unpaired) electrons. The molecule has 0 amide bonds. The normalized spacial score (nSPS) is 10.8. The molecule has 0 aliphatic rings. The third kappa shape index (κ3) is 11.7. The Morgan fingerprint density at radius 3 is 1.60 bits per heavy atom. The fourth-order valence-corrected chi connectivity index (χ4v) is 10.6. The van der Waals surface area contributed by atoms with Crippen LogP contribution in [0, 0.1) is 5.82 Å². The van der Waals surface area contributed by atoms with Gasteiger partial charge in [-0.3, -0.25) is 13.5 Å². The van der Waals surface area contributed by atoms with Crippen molar-refractivity contribution in [3.63, 3.8) is 0 Å². The lowest BCUT2D eigenvalue weighted by Crippen LogP contribution is -2.02. The van der Waals surface area contributed by atoms with E-state index in [1.165, 1.54) is 6.07 Å². The van der Waals surface area contributed by atoms with Gasteiger partial charge in [-0.2, -0.15) is 0 Å². The van der Waals surface area contributed by atoms with E-state index in [0.29, 0.717) is 4.47 Å². The molecule has 13 rings (SSSR count). The van der Waals surface area contributed by atoms with Gasteiger partial charge in [0.05, 0.1) is 54.3 Å². The largest absolute Gasteiger partial charge is 0.326 e. The molecular formula is C58H43Br5FN9. The lowest BCUT2D eigenvalue weighted by molar-refractivity contribution is 0.621. The molecule has 0 bridgehead atoms. The maximum atomic E-state index is 12.4. The SMILES string of the molecule is Brc1ccc(-n2c(Nc3ccccc3)nc3ccccc32)c(Br)c1.Brc1ccc2c(c1)n(-c1ccccc1)c1nc3ccccc3n21.C.Fc1ccc(Br)cc1Br.c1ccc(Nc2nc3ccccc3[nH]2)cc1. The molecule has 362 valence electrons. The molecule has 0 aliphatic heterocycles. The van der Waals surface area contributed by atoms with Gasteiger partial charge in [0.2, 0.25) is 17.7 Å². The molecule has 4 heterocycles. The molecule has 4 aromatic heterocycles. The van der Waals surface area contributed by atoms with Crippen molar-refractivity contribution in [2.24, 2.45) is 0 Å². The van der Waals surface area contributed by atoms with Crippen LogP contribution in [-0.4, -0.2) is 33.5 Å². The zero-order chi connectivity index (χ0) is 49.6. The first-order valence-electron chi connectivity index (χ1n) is 22.4. The Balaban J connectivity index is 0.000000125. The topological polar surface area (TPSA) is 92.8 Å². The smallest absolute Gasteiger partial charge is 0.220 e. The van der Waals surface area contributed by atoms with Crippen molar-refractivity contribution in [3.8, 4) is 11.4 Å². The van der Waals surface area contributed by atoms with Crippen LogP contribution >= 0.6 is 79.6 Å². The molecule has 0 atom stereocenters. The molecule has 15 heteroatoms. The highest BCUT2D eigenvalue weighted by Gasteiger charge is 2.18. The summed E-state index contributed by atoms with van der Waals surface area (Å²) in [5, 5.41) is 6.65. The van der Waals surface area contributed by atoms with E-state index in [-0.39, 0.29) is 13.2 Å². The van der Waals surface area contributed by atoms with Gasteiger partial charge in [-0.1, -0.05) is 146 Å². The van der Waals surface area contributed by atoms with Crippen LogP contribution < -0.4 is 10.6 Å². The number of fused-ring (bicyclic) bond motifs is 7. The second-order valence-corrected chi connectivity index (χ2v) is 20.5. The Labute approximate surface area is 462 Å². The van der Waals surface area contributed by atoms with Crippen LogP contribution in [0.1, 0.15) is 7.43 Å². The third-order valence-electron chi connectivity index (χ3n) is 11.2. The number of hydrogen-bond donors (Lipinski definition) is 3. The van der Waals surface area contributed by atoms with Crippen molar-refractivity contribution >= 4 is 153 Å². The van der Waals surface area contributed by atoms with Crippen molar-refractivity contribution in [3.05, 3.63) is 247 Å². The molecular weight excluding hydrogens is 1240 g/mol. The lowest BCUT2D eigenvalue weighted by Gasteiger charge is -2.13. The average Bonchev–Trinajstić information content (AvgIpc) is 4.16. The Hall–Kier alpha value is -6.88. The second kappa shape index (κ2) is 23.3. The maximum absolute atomic E-state index is 12.4. The second-order valence-electron chi connectivity index (χ2n) is 16.0. The summed E-state index contributed by atoms with van der Waals surface area (Å²) in [4.78, 5) is 17.3. The van der Waals surface area contributed by atoms with E-state index in [9.17, 15) is 4.39 Å². The van der Waals surface area contributed by atoms with Crippen molar-refractivity contribution in [1.29, 1.82) is 0 Å². The number of aromatic amines is 1. The van der Waals surface area contributed by atoms with E-state index >= 15 is 0 Å². The van der Waals surface area contributed by atoms with Crippen molar-refractivity contribution in [2.45, 2.75) is 7.43 Å². The van der Waals surface area contributed by atoms with Crippen LogP contribution in [0.15, 0.2) is 241 Å². The minimum Gasteiger partial charge on any atom is -0.326 e. The molecule has 0 spiro atoms. The first-order chi connectivity index (χ1) is 35.2. The highest BCUT2D eigenvalue weighted by molar-refractivity contribution is 9.11. The highest BCUT2D eigenvalue weighted by atomic mass is 79.9. The standard InChI is InChI=1S/C19H13Br2N3.C19H12BrN3.C13H11N3.C6H3Br2F.CH4/c20-13-10-11-17(15(21)12-13)24-18-9-5-4-8-16(18)23-19(24)22-14-6-2-1-3-7-14;20-13-10-11-17-18(12-13)22(14-6-2-1-3-7-14)19-21-15-8-4-5-9-16(15)23(17)19;1-2-6-10(7-3-1)14-13-15-11-8-4-5-9-12(11)16-13;7-4-1-2-6(9)5(8)3-4;/h1-12H,(H,22,23);1-12H;1-9H,(H2,14,15,16);1-3H;1H4. The van der Waals surface area contributed by atoms with Crippen LogP contribution in [0.2, 0.25) is 0 Å². The van der Waals surface area contributed by atoms with Gasteiger partial charge in [0, 0.05) is 35.0 Å². The van der Waals surface area contributed by atoms with Gasteiger partial charge in [0.25, 0.3) is 0 Å². The van der Waals surface area contributed by atoms with Crippen LogP contribution in [0.4, 0.5) is 27.7 Å². The zero-order valence-electron chi connectivity index (χ0n) is 37.7. The number of rotatable bonds is 6. The average molecular weight is 1280 g/mol. The van der Waals surface area contributed by atoms with Crippen molar-refractivity contribution in [1.82, 2.24) is 33.5 Å². The number of hydrogen-bond acceptors (Lipinski definition) is 5. The molecule has 0 fully saturated rings. The Morgan fingerprint density at radius 1 is 0.425 bits per heavy atom. The zero-order valence-corrected chi connectivity index (χ0v) is 45.7. The van der Waals surface area contributed by atoms with Crippen molar-refractivity contribution in [2.75, 3.05) is 10.6 Å². The Bertz CT molecular complexity index is 3940. The Morgan fingerprint density at radius 2 is 0.959 bits per heavy atom. The maximum Gasteiger partial charge on any atom is 0.220 e. The number of para-hydroxylation sites is 9. The van der Waals surface area contributed by atoms with Crippen LogP contribution in [0.3, 0.4) is 0 Å². The minimum atomic E-state index is -0.238. The summed E-state index contributed by atoms with van der Waals surface area (Å²) in [6, 6.07) is 72.0. The summed E-state index contributed by atoms with van der Waals surface area (Å²) in [6.45, 7) is 0. The highest BCUT2D eigenvalue weighted by Crippen LogP contribution is 2.34. The third-order valence-corrected chi connectivity index (χ3v) is 13.9. The summed E-state index contributed by atoms with van der Waals surface area (Å²) >= 11 is 17.0. The molecule has 9 nitrogen and oxygen atoms in total. The predicted molar refractivity (Wildman–Crippen MR) is 318 cm³/mol.